The predicted molar refractivity (Wildman–Crippen MR) is 89.6 cm³/mol. The number of ether oxygens (including phenoxy) is 1. The molecule has 1 aromatic rings. The van der Waals surface area contributed by atoms with E-state index in [0.29, 0.717) is 26.2 Å². The van der Waals surface area contributed by atoms with Crippen LogP contribution in [0.1, 0.15) is 46.7 Å². The molecule has 0 N–H and O–H groups in total. The van der Waals surface area contributed by atoms with E-state index < -0.39 is 5.60 Å². The summed E-state index contributed by atoms with van der Waals surface area (Å²) < 4.78 is 7.35. The van der Waals surface area contributed by atoms with Crippen LogP contribution in [0.4, 0.5) is 10.5 Å². The van der Waals surface area contributed by atoms with E-state index in [4.69, 9.17) is 4.74 Å². The molecule has 1 saturated heterocycles. The molecule has 3 rings (SSSR count). The number of fused-ring (bicyclic) bond motifs is 1. The largest absolute Gasteiger partial charge is 0.444 e. The molecular weight excluding hydrogens is 308 g/mol. The fraction of sp³-hybridized carbons (Fsp3) is 0.706. The van der Waals surface area contributed by atoms with Crippen LogP contribution in [0.15, 0.2) is 6.20 Å². The molecule has 1 aromatic heterocycles. The van der Waals surface area contributed by atoms with Gasteiger partial charge in [-0.2, -0.15) is 5.10 Å². The highest BCUT2D eigenvalue weighted by Crippen LogP contribution is 2.36. The van der Waals surface area contributed by atoms with Crippen LogP contribution in [0.5, 0.6) is 0 Å². The van der Waals surface area contributed by atoms with E-state index in [1.54, 1.807) is 16.0 Å². The molecule has 2 aliphatic rings. The van der Waals surface area contributed by atoms with E-state index in [1.165, 1.54) is 0 Å². The summed E-state index contributed by atoms with van der Waals surface area (Å²) >= 11 is 0. The first-order valence-corrected chi connectivity index (χ1v) is 8.43. The van der Waals surface area contributed by atoms with Crippen LogP contribution >= 0.6 is 0 Å². The van der Waals surface area contributed by atoms with Crippen LogP contribution in [0.25, 0.3) is 0 Å². The van der Waals surface area contributed by atoms with Crippen LogP contribution in [0.2, 0.25) is 0 Å². The summed E-state index contributed by atoms with van der Waals surface area (Å²) in [4.78, 5) is 28.4. The highest BCUT2D eigenvalue weighted by molar-refractivity contribution is 5.99. The molecule has 0 radical (unpaired) electrons. The number of carbonyl (C=O) groups excluding carboxylic acids is 2. The molecule has 24 heavy (non-hydrogen) atoms. The Labute approximate surface area is 142 Å². The highest BCUT2D eigenvalue weighted by atomic mass is 16.6. The number of hydrogen-bond acceptors (Lipinski definition) is 4. The fourth-order valence-corrected chi connectivity index (χ4v) is 3.13. The Bertz CT molecular complexity index is 672. The lowest BCUT2D eigenvalue weighted by molar-refractivity contribution is -0.124. The number of rotatable bonds is 1. The fourth-order valence-electron chi connectivity index (χ4n) is 3.13. The maximum absolute atomic E-state index is 12.6. The molecule has 0 aliphatic carbocycles. The van der Waals surface area contributed by atoms with Gasteiger partial charge in [0.2, 0.25) is 5.91 Å². The van der Waals surface area contributed by atoms with Gasteiger partial charge in [0, 0.05) is 18.5 Å². The van der Waals surface area contributed by atoms with E-state index in [1.807, 2.05) is 39.3 Å². The number of nitrogens with zero attached hydrogens (tertiary/aromatic N) is 4. The van der Waals surface area contributed by atoms with E-state index in [9.17, 15) is 9.59 Å². The van der Waals surface area contributed by atoms with Crippen molar-refractivity contribution in [3.63, 3.8) is 0 Å². The van der Waals surface area contributed by atoms with Gasteiger partial charge in [-0.3, -0.25) is 9.48 Å². The molecule has 2 aliphatic heterocycles. The molecule has 7 heteroatoms. The normalized spacial score (nSPS) is 20.3. The van der Waals surface area contributed by atoms with Gasteiger partial charge in [0.25, 0.3) is 0 Å². The van der Waals surface area contributed by atoms with Gasteiger partial charge < -0.3 is 14.5 Å². The summed E-state index contributed by atoms with van der Waals surface area (Å²) in [7, 11) is 0. The van der Waals surface area contributed by atoms with Crippen LogP contribution in [-0.2, 0) is 22.6 Å². The number of anilines is 1. The minimum Gasteiger partial charge on any atom is -0.444 e. The van der Waals surface area contributed by atoms with Gasteiger partial charge in [-0.1, -0.05) is 13.8 Å². The predicted octanol–water partition coefficient (Wildman–Crippen LogP) is 2.40. The van der Waals surface area contributed by atoms with Gasteiger partial charge in [0.15, 0.2) is 0 Å². The third-order valence-corrected chi connectivity index (χ3v) is 4.58. The highest BCUT2D eigenvalue weighted by Gasteiger charge is 2.41. The zero-order chi connectivity index (χ0) is 17.7. The van der Waals surface area contributed by atoms with Crippen molar-refractivity contribution in [2.24, 2.45) is 5.41 Å². The van der Waals surface area contributed by atoms with Crippen molar-refractivity contribution in [1.82, 2.24) is 14.7 Å². The summed E-state index contributed by atoms with van der Waals surface area (Å²) in [6.07, 6.45) is 2.24. The average molecular weight is 334 g/mol. The zero-order valence-corrected chi connectivity index (χ0v) is 15.1. The topological polar surface area (TPSA) is 67.7 Å². The summed E-state index contributed by atoms with van der Waals surface area (Å²) in [6, 6.07) is 0. The Hall–Kier alpha value is -2.05. The number of hydrogen-bond donors (Lipinski definition) is 0. The first-order valence-electron chi connectivity index (χ1n) is 8.43. The second kappa shape index (κ2) is 5.50. The summed E-state index contributed by atoms with van der Waals surface area (Å²) in [6.45, 7) is 11.8. The quantitative estimate of drug-likeness (QED) is 0.791. The Morgan fingerprint density at radius 1 is 1.25 bits per heavy atom. The SMILES string of the molecule is CC(C)(C)OC(=O)N1CCn2ncc(N3CCC(C)(C)C3=O)c2C1. The zero-order valence-electron chi connectivity index (χ0n) is 15.1. The molecular formula is C17H26N4O3. The summed E-state index contributed by atoms with van der Waals surface area (Å²) in [5, 5.41) is 4.40. The van der Waals surface area contributed by atoms with Crippen molar-refractivity contribution in [3.8, 4) is 0 Å². The molecule has 132 valence electrons. The number of carbonyl (C=O) groups is 2. The third kappa shape index (κ3) is 2.99. The van der Waals surface area contributed by atoms with Crippen LogP contribution in [0, 0.1) is 5.41 Å². The number of amides is 2. The lowest BCUT2D eigenvalue weighted by Gasteiger charge is -2.31. The molecule has 7 nitrogen and oxygen atoms in total. The Morgan fingerprint density at radius 2 is 1.96 bits per heavy atom. The first-order chi connectivity index (χ1) is 11.1. The van der Waals surface area contributed by atoms with Gasteiger partial charge in [-0.25, -0.2) is 4.79 Å². The van der Waals surface area contributed by atoms with Gasteiger partial charge >= 0.3 is 6.09 Å². The molecule has 0 spiro atoms. The Balaban J connectivity index is 1.81. The van der Waals surface area contributed by atoms with E-state index in [2.05, 4.69) is 5.10 Å². The van der Waals surface area contributed by atoms with Gasteiger partial charge in [-0.15, -0.1) is 0 Å². The molecule has 0 unspecified atom stereocenters. The second-order valence-corrected chi connectivity index (χ2v) is 8.19. The molecule has 1 fully saturated rings. The standard InChI is InChI=1S/C17H26N4O3/c1-16(2,3)24-15(23)19-8-9-21-13(11-19)12(10-18-21)20-7-6-17(4,5)14(20)22/h10H,6-9,11H2,1-5H3. The lowest BCUT2D eigenvalue weighted by atomic mass is 9.92. The van der Waals surface area contributed by atoms with Crippen molar-refractivity contribution in [2.75, 3.05) is 18.0 Å². The number of aromatic nitrogens is 2. The molecule has 2 amide bonds. The van der Waals surface area contributed by atoms with Crippen molar-refractivity contribution in [2.45, 2.75) is 59.7 Å². The third-order valence-electron chi connectivity index (χ3n) is 4.58. The van der Waals surface area contributed by atoms with Crippen molar-refractivity contribution in [1.29, 1.82) is 0 Å². The van der Waals surface area contributed by atoms with Gasteiger partial charge in [0.1, 0.15) is 5.60 Å². The lowest BCUT2D eigenvalue weighted by Crippen LogP contribution is -2.42. The van der Waals surface area contributed by atoms with Crippen molar-refractivity contribution in [3.05, 3.63) is 11.9 Å². The van der Waals surface area contributed by atoms with Gasteiger partial charge in [-0.05, 0) is 27.2 Å². The second-order valence-electron chi connectivity index (χ2n) is 8.19. The minimum absolute atomic E-state index is 0.118. The maximum atomic E-state index is 12.6. The van der Waals surface area contributed by atoms with Crippen LogP contribution in [0.3, 0.4) is 0 Å². The Morgan fingerprint density at radius 3 is 2.54 bits per heavy atom. The van der Waals surface area contributed by atoms with Crippen LogP contribution < -0.4 is 4.90 Å². The average Bonchev–Trinajstić information content (AvgIpc) is 2.99. The van der Waals surface area contributed by atoms with Crippen LogP contribution in [-0.4, -0.2) is 45.4 Å². The molecule has 3 heterocycles. The van der Waals surface area contributed by atoms with E-state index in [-0.39, 0.29) is 17.4 Å². The van der Waals surface area contributed by atoms with Crippen molar-refractivity contribution >= 4 is 17.7 Å². The van der Waals surface area contributed by atoms with E-state index >= 15 is 0 Å². The van der Waals surface area contributed by atoms with Crippen molar-refractivity contribution < 1.29 is 14.3 Å². The Kier molecular flexibility index (Phi) is 3.85. The minimum atomic E-state index is -0.521. The summed E-state index contributed by atoms with van der Waals surface area (Å²) in [5.74, 6) is 0.118. The monoisotopic (exact) mass is 334 g/mol. The molecule has 0 saturated carbocycles. The molecule has 0 bridgehead atoms. The molecule has 0 atom stereocenters. The summed E-state index contributed by atoms with van der Waals surface area (Å²) in [5.41, 5.74) is 0.859. The van der Waals surface area contributed by atoms with E-state index in [0.717, 1.165) is 17.8 Å². The molecule has 0 aromatic carbocycles. The smallest absolute Gasteiger partial charge is 0.410 e. The maximum Gasteiger partial charge on any atom is 0.410 e. The first kappa shape index (κ1) is 16.8. The van der Waals surface area contributed by atoms with Gasteiger partial charge in [0.05, 0.1) is 30.7 Å².